The zero-order valence-electron chi connectivity index (χ0n) is 6.28. The SMILES string of the molecule is C/C=C/C=O.C/C=C/C=O. The molecule has 0 radical (unpaired) electrons. The molecule has 0 spiro atoms. The average molecular weight is 140 g/mol. The fourth-order valence-electron chi connectivity index (χ4n) is 0.157. The summed E-state index contributed by atoms with van der Waals surface area (Å²) in [6.07, 6.45) is 7.76. The van der Waals surface area contributed by atoms with Crippen molar-refractivity contribution in [1.29, 1.82) is 0 Å². The Morgan fingerprint density at radius 2 is 1.10 bits per heavy atom. The Kier molecular flexibility index (Phi) is 18.2. The van der Waals surface area contributed by atoms with Crippen LogP contribution in [0.25, 0.3) is 0 Å². The fraction of sp³-hybridized carbons (Fsp3) is 0.250. The standard InChI is InChI=1S/2C4H6O/c2*1-2-3-4-5/h2*2-4H,1H3/b2*3-2+. The van der Waals surface area contributed by atoms with Crippen LogP contribution >= 0.6 is 0 Å². The highest BCUT2D eigenvalue weighted by Crippen LogP contribution is 1.55. The Morgan fingerprint density at radius 3 is 1.10 bits per heavy atom. The van der Waals surface area contributed by atoms with Gasteiger partial charge in [-0.3, -0.25) is 9.59 Å². The first-order valence-corrected chi connectivity index (χ1v) is 2.96. The van der Waals surface area contributed by atoms with Crippen molar-refractivity contribution in [2.45, 2.75) is 13.8 Å². The normalized spacial score (nSPS) is 9.00. The molecule has 0 aliphatic carbocycles. The highest BCUT2D eigenvalue weighted by molar-refractivity contribution is 5.64. The first kappa shape index (κ1) is 11.6. The summed E-state index contributed by atoms with van der Waals surface area (Å²) in [7, 11) is 0. The molecule has 0 aliphatic heterocycles. The third-order valence-electron chi connectivity index (χ3n) is 0.542. The van der Waals surface area contributed by atoms with E-state index in [0.717, 1.165) is 12.6 Å². The van der Waals surface area contributed by atoms with Gasteiger partial charge in [-0.2, -0.15) is 0 Å². The smallest absolute Gasteiger partial charge is 0.142 e. The minimum absolute atomic E-state index is 0.750. The van der Waals surface area contributed by atoms with Crippen LogP contribution in [0.2, 0.25) is 0 Å². The molecule has 0 fully saturated rings. The van der Waals surface area contributed by atoms with Crippen molar-refractivity contribution in [1.82, 2.24) is 0 Å². The van der Waals surface area contributed by atoms with E-state index in [0.29, 0.717) is 0 Å². The maximum atomic E-state index is 9.32. The van der Waals surface area contributed by atoms with E-state index in [1.165, 1.54) is 12.2 Å². The van der Waals surface area contributed by atoms with Crippen LogP contribution in [0.4, 0.5) is 0 Å². The second kappa shape index (κ2) is 15.7. The molecule has 0 aromatic heterocycles. The third kappa shape index (κ3) is 29.0. The molecule has 56 valence electrons. The van der Waals surface area contributed by atoms with Gasteiger partial charge in [-0.05, 0) is 26.0 Å². The van der Waals surface area contributed by atoms with Gasteiger partial charge in [-0.25, -0.2) is 0 Å². The monoisotopic (exact) mass is 140 g/mol. The molecule has 0 atom stereocenters. The number of carbonyl (C=O) groups excluding carboxylic acids is 2. The maximum Gasteiger partial charge on any atom is 0.142 e. The summed E-state index contributed by atoms with van der Waals surface area (Å²) < 4.78 is 0. The lowest BCUT2D eigenvalue weighted by atomic mass is 10.6. The molecule has 0 bridgehead atoms. The van der Waals surface area contributed by atoms with Crippen LogP contribution in [0.15, 0.2) is 24.3 Å². The minimum Gasteiger partial charge on any atom is -0.299 e. The number of hydrogen-bond acceptors (Lipinski definition) is 2. The molecule has 0 aromatic rings. The molecule has 2 heteroatoms. The van der Waals surface area contributed by atoms with Crippen molar-refractivity contribution in [3.63, 3.8) is 0 Å². The number of aldehydes is 2. The Balaban J connectivity index is 0. The zero-order chi connectivity index (χ0) is 8.24. The van der Waals surface area contributed by atoms with Crippen molar-refractivity contribution in [2.24, 2.45) is 0 Å². The van der Waals surface area contributed by atoms with Crippen LogP contribution in [0, 0.1) is 0 Å². The van der Waals surface area contributed by atoms with Crippen LogP contribution in [0.1, 0.15) is 13.8 Å². The van der Waals surface area contributed by atoms with Crippen LogP contribution in [-0.2, 0) is 9.59 Å². The van der Waals surface area contributed by atoms with E-state index >= 15 is 0 Å². The molecule has 0 rings (SSSR count). The first-order valence-electron chi connectivity index (χ1n) is 2.96. The Bertz CT molecular complexity index is 107. The first-order chi connectivity index (χ1) is 4.83. The zero-order valence-corrected chi connectivity index (χ0v) is 6.28. The van der Waals surface area contributed by atoms with Crippen LogP contribution in [-0.4, -0.2) is 12.6 Å². The van der Waals surface area contributed by atoms with Crippen molar-refractivity contribution in [3.8, 4) is 0 Å². The van der Waals surface area contributed by atoms with Gasteiger partial charge >= 0.3 is 0 Å². The number of rotatable bonds is 2. The molecule has 0 heterocycles. The molecule has 0 aliphatic rings. The van der Waals surface area contributed by atoms with Gasteiger partial charge < -0.3 is 0 Å². The largest absolute Gasteiger partial charge is 0.299 e. The van der Waals surface area contributed by atoms with Crippen molar-refractivity contribution in [3.05, 3.63) is 24.3 Å². The summed E-state index contributed by atoms with van der Waals surface area (Å²) in [6.45, 7) is 3.60. The van der Waals surface area contributed by atoms with E-state index in [4.69, 9.17) is 0 Å². The molecular formula is C8H12O2. The van der Waals surface area contributed by atoms with Gasteiger partial charge in [0.05, 0.1) is 0 Å². The molecule has 0 amide bonds. The Labute approximate surface area is 61.2 Å². The summed E-state index contributed by atoms with van der Waals surface area (Å²) in [5, 5.41) is 0. The Morgan fingerprint density at radius 1 is 0.800 bits per heavy atom. The summed E-state index contributed by atoms with van der Waals surface area (Å²) >= 11 is 0. The average Bonchev–Trinajstić information content (AvgIpc) is 1.93. The molecule has 0 saturated carbocycles. The number of carbonyl (C=O) groups is 2. The fourth-order valence-corrected chi connectivity index (χ4v) is 0.157. The van der Waals surface area contributed by atoms with E-state index in [1.54, 1.807) is 26.0 Å². The second-order valence-corrected chi connectivity index (χ2v) is 1.32. The summed E-state index contributed by atoms with van der Waals surface area (Å²) in [6, 6.07) is 0. The molecule has 10 heavy (non-hydrogen) atoms. The van der Waals surface area contributed by atoms with E-state index in [9.17, 15) is 9.59 Å². The maximum absolute atomic E-state index is 9.32. The van der Waals surface area contributed by atoms with Gasteiger partial charge in [0.15, 0.2) is 0 Å². The molecular weight excluding hydrogens is 128 g/mol. The van der Waals surface area contributed by atoms with E-state index in [1.807, 2.05) is 0 Å². The molecule has 0 aromatic carbocycles. The van der Waals surface area contributed by atoms with E-state index in [-0.39, 0.29) is 0 Å². The third-order valence-corrected chi connectivity index (χ3v) is 0.542. The van der Waals surface area contributed by atoms with Gasteiger partial charge in [-0.1, -0.05) is 12.2 Å². The van der Waals surface area contributed by atoms with E-state index in [2.05, 4.69) is 0 Å². The molecule has 0 unspecified atom stereocenters. The van der Waals surface area contributed by atoms with Gasteiger partial charge in [-0.15, -0.1) is 0 Å². The topological polar surface area (TPSA) is 34.1 Å². The lowest BCUT2D eigenvalue weighted by Crippen LogP contribution is -1.50. The number of hydrogen-bond donors (Lipinski definition) is 0. The van der Waals surface area contributed by atoms with E-state index < -0.39 is 0 Å². The quantitative estimate of drug-likeness (QED) is 0.430. The lowest BCUT2D eigenvalue weighted by molar-refractivity contribution is -0.104. The molecule has 0 saturated heterocycles. The van der Waals surface area contributed by atoms with Crippen LogP contribution in [0.3, 0.4) is 0 Å². The predicted molar refractivity (Wildman–Crippen MR) is 41.8 cm³/mol. The van der Waals surface area contributed by atoms with Gasteiger partial charge in [0.1, 0.15) is 12.6 Å². The van der Waals surface area contributed by atoms with Gasteiger partial charge in [0.25, 0.3) is 0 Å². The summed E-state index contributed by atoms with van der Waals surface area (Å²) in [5.41, 5.74) is 0. The number of allylic oxidation sites excluding steroid dienone is 4. The molecule has 0 N–H and O–H groups in total. The lowest BCUT2D eigenvalue weighted by Gasteiger charge is -1.51. The highest BCUT2D eigenvalue weighted by atomic mass is 16.1. The van der Waals surface area contributed by atoms with Crippen LogP contribution in [0.5, 0.6) is 0 Å². The summed E-state index contributed by atoms with van der Waals surface area (Å²) in [5.74, 6) is 0. The second-order valence-electron chi connectivity index (χ2n) is 1.32. The van der Waals surface area contributed by atoms with Gasteiger partial charge in [0.2, 0.25) is 0 Å². The summed E-state index contributed by atoms with van der Waals surface area (Å²) in [4.78, 5) is 18.6. The van der Waals surface area contributed by atoms with Crippen molar-refractivity contribution >= 4 is 12.6 Å². The molecule has 2 nitrogen and oxygen atoms in total. The van der Waals surface area contributed by atoms with Crippen molar-refractivity contribution in [2.75, 3.05) is 0 Å². The highest BCUT2D eigenvalue weighted by Gasteiger charge is 1.48. The Hall–Kier alpha value is -1.18. The van der Waals surface area contributed by atoms with Crippen LogP contribution < -0.4 is 0 Å². The predicted octanol–water partition coefficient (Wildman–Crippen LogP) is 1.52. The van der Waals surface area contributed by atoms with Gasteiger partial charge in [0, 0.05) is 0 Å². The minimum atomic E-state index is 0.750. The van der Waals surface area contributed by atoms with Crippen molar-refractivity contribution < 1.29 is 9.59 Å².